The third kappa shape index (κ3) is 11.4. The molecule has 2 aromatic carbocycles. The van der Waals surface area contributed by atoms with Gasteiger partial charge in [-0.15, -0.1) is 0 Å². The van der Waals surface area contributed by atoms with E-state index in [0.717, 1.165) is 34.3 Å². The van der Waals surface area contributed by atoms with E-state index in [1.807, 2.05) is 12.1 Å². The average Bonchev–Trinajstić information content (AvgIpc) is 2.96. The third-order valence-corrected chi connectivity index (χ3v) is 11.6. The molecular weight excluding hydrogens is 677 g/mol. The number of ether oxygens (including phenoxy) is 2. The van der Waals surface area contributed by atoms with E-state index >= 15 is 0 Å². The zero-order chi connectivity index (χ0) is 36.4. The molecule has 0 aromatic heterocycles. The maximum atomic E-state index is 7.06. The van der Waals surface area contributed by atoms with Crippen LogP contribution in [0.25, 0.3) is 6.08 Å². The molecule has 10 heteroatoms. The predicted octanol–water partition coefficient (Wildman–Crippen LogP) is 10.8. The summed E-state index contributed by atoms with van der Waals surface area (Å²) in [6.45, 7) is 27.0. The molecule has 0 spiro atoms. The van der Waals surface area contributed by atoms with Crippen molar-refractivity contribution in [3.05, 3.63) is 101 Å². The first-order valence-corrected chi connectivity index (χ1v) is 31.1. The van der Waals surface area contributed by atoms with Gasteiger partial charge in [0, 0.05) is 17.8 Å². The molecule has 2 aliphatic carbocycles. The molecule has 5 unspecified atom stereocenters. The Balaban J connectivity index is 1.97. The van der Waals surface area contributed by atoms with E-state index in [4.69, 9.17) is 27.2 Å². The molecule has 0 saturated carbocycles. The fourth-order valence-corrected chi connectivity index (χ4v) is 10.2. The van der Waals surface area contributed by atoms with Crippen molar-refractivity contribution in [1.29, 1.82) is 0 Å². The van der Waals surface area contributed by atoms with Crippen molar-refractivity contribution in [3.63, 3.8) is 0 Å². The van der Waals surface area contributed by atoms with Crippen molar-refractivity contribution in [1.82, 2.24) is 0 Å². The van der Waals surface area contributed by atoms with Crippen LogP contribution in [0.1, 0.15) is 17.0 Å². The van der Waals surface area contributed by atoms with E-state index in [0.29, 0.717) is 0 Å². The van der Waals surface area contributed by atoms with Crippen molar-refractivity contribution in [2.45, 2.75) is 90.6 Å². The number of hydrogen-bond acceptors (Lipinski definition) is 6. The van der Waals surface area contributed by atoms with Crippen LogP contribution in [0.3, 0.4) is 0 Å². The Morgan fingerprint density at radius 1 is 0.571 bits per heavy atom. The Bertz CT molecular complexity index is 1530. The van der Waals surface area contributed by atoms with Gasteiger partial charge in [-0.05, 0) is 138 Å². The monoisotopic (exact) mass is 736 g/mol. The van der Waals surface area contributed by atoms with Crippen LogP contribution in [0.2, 0.25) is 78.6 Å². The van der Waals surface area contributed by atoms with Crippen LogP contribution >= 0.6 is 0 Å². The van der Waals surface area contributed by atoms with Gasteiger partial charge < -0.3 is 27.2 Å². The molecule has 0 saturated heterocycles. The molecule has 0 fully saturated rings. The number of allylic oxidation sites excluding steroid dienone is 4. The van der Waals surface area contributed by atoms with E-state index < -0.39 is 33.3 Å². The molecular formula is C39H60O6Si4. The Morgan fingerprint density at radius 3 is 1.55 bits per heavy atom. The zero-order valence-electron chi connectivity index (χ0n) is 32.3. The van der Waals surface area contributed by atoms with Gasteiger partial charge in [0.2, 0.25) is 25.0 Å². The third-order valence-electron chi connectivity index (χ3n) is 8.06. The number of hydrogen-bond donors (Lipinski definition) is 0. The van der Waals surface area contributed by atoms with Crippen molar-refractivity contribution in [2.24, 2.45) is 17.8 Å². The standard InChI is InChI=1S/C39H60O6Si4/c1-40-31-20-15-28(16-21-31)17-22-33(42-46(3,4)5)25-30-26-34(43-47(6,7)8)39-36(45-49(12,13)14)27-35(44-48(9,10)11)37(30)38(39)29-18-23-32(41-2)24-19-29/h15-27,30,36-39H,1-14H3/b22-17+,33-25-. The SMILES string of the molecule is COc1ccc(/C=C/C(=C/C2C=C(O[Si](C)(C)C)C3C(O[Si](C)(C)C)C=C(O[Si](C)(C)C)C2C3c2ccc(OC)cc2)O[Si](C)(C)C)cc1. The molecule has 49 heavy (non-hydrogen) atoms. The number of benzene rings is 2. The summed E-state index contributed by atoms with van der Waals surface area (Å²) in [5, 5.41) is 0. The molecule has 4 rings (SSSR count). The predicted molar refractivity (Wildman–Crippen MR) is 214 cm³/mol. The van der Waals surface area contributed by atoms with Gasteiger partial charge in [0.25, 0.3) is 0 Å². The van der Waals surface area contributed by atoms with Crippen LogP contribution in [0.4, 0.5) is 0 Å². The Morgan fingerprint density at radius 2 is 1.08 bits per heavy atom. The Hall–Kier alpha value is -2.77. The van der Waals surface area contributed by atoms with E-state index in [-0.39, 0.29) is 29.8 Å². The van der Waals surface area contributed by atoms with E-state index in [1.165, 1.54) is 5.56 Å². The average molecular weight is 737 g/mol. The Kier molecular flexibility index (Phi) is 12.1. The minimum Gasteiger partial charge on any atom is -0.547 e. The van der Waals surface area contributed by atoms with Crippen LogP contribution in [-0.4, -0.2) is 53.6 Å². The van der Waals surface area contributed by atoms with Gasteiger partial charge in [0.15, 0.2) is 8.32 Å². The molecule has 2 bridgehead atoms. The second kappa shape index (κ2) is 15.2. The molecule has 2 aliphatic rings. The lowest BCUT2D eigenvalue weighted by atomic mass is 9.61. The first kappa shape index (κ1) is 39.0. The molecule has 0 N–H and O–H groups in total. The topological polar surface area (TPSA) is 55.4 Å². The highest BCUT2D eigenvalue weighted by Crippen LogP contribution is 2.55. The van der Waals surface area contributed by atoms with E-state index in [2.05, 4.69) is 145 Å². The summed E-state index contributed by atoms with van der Waals surface area (Å²) in [6.07, 6.45) is 11.0. The highest BCUT2D eigenvalue weighted by molar-refractivity contribution is 6.71. The second-order valence-corrected chi connectivity index (χ2v) is 34.8. The van der Waals surface area contributed by atoms with Crippen LogP contribution in [0.5, 0.6) is 11.5 Å². The maximum Gasteiger partial charge on any atom is 0.242 e. The maximum absolute atomic E-state index is 7.06. The summed E-state index contributed by atoms with van der Waals surface area (Å²) in [4.78, 5) is 0. The van der Waals surface area contributed by atoms with Crippen LogP contribution < -0.4 is 9.47 Å². The lowest BCUT2D eigenvalue weighted by Crippen LogP contribution is -2.49. The van der Waals surface area contributed by atoms with Crippen molar-refractivity contribution < 1.29 is 27.2 Å². The second-order valence-electron chi connectivity index (χ2n) is 17.1. The van der Waals surface area contributed by atoms with Crippen molar-refractivity contribution >= 4 is 39.3 Å². The summed E-state index contributed by atoms with van der Waals surface area (Å²) in [5.74, 6) is 4.63. The van der Waals surface area contributed by atoms with E-state index in [9.17, 15) is 0 Å². The lowest BCUT2D eigenvalue weighted by Gasteiger charge is -2.51. The van der Waals surface area contributed by atoms with Crippen LogP contribution in [0.15, 0.2) is 90.1 Å². The molecule has 0 heterocycles. The fourth-order valence-electron chi connectivity index (χ4n) is 6.53. The summed E-state index contributed by atoms with van der Waals surface area (Å²) < 4.78 is 39.0. The molecule has 5 atom stereocenters. The molecule has 268 valence electrons. The first-order valence-electron chi connectivity index (χ1n) is 17.5. The van der Waals surface area contributed by atoms with Gasteiger partial charge >= 0.3 is 0 Å². The summed E-state index contributed by atoms with van der Waals surface area (Å²) in [6, 6.07) is 16.7. The zero-order valence-corrected chi connectivity index (χ0v) is 36.3. The first-order chi connectivity index (χ1) is 22.6. The Labute approximate surface area is 300 Å². The van der Waals surface area contributed by atoms with Crippen LogP contribution in [-0.2, 0) is 17.7 Å². The molecule has 0 aliphatic heterocycles. The normalized spacial score (nSPS) is 23.5. The highest BCUT2D eigenvalue weighted by Gasteiger charge is 2.52. The minimum atomic E-state index is -2.01. The van der Waals surface area contributed by atoms with Crippen molar-refractivity contribution in [3.8, 4) is 11.5 Å². The van der Waals surface area contributed by atoms with Gasteiger partial charge in [-0.25, -0.2) is 0 Å². The number of fused-ring (bicyclic) bond motifs is 2. The van der Waals surface area contributed by atoms with Gasteiger partial charge in [0.05, 0.1) is 43.5 Å². The molecule has 0 amide bonds. The smallest absolute Gasteiger partial charge is 0.242 e. The van der Waals surface area contributed by atoms with E-state index in [1.54, 1.807) is 14.2 Å². The van der Waals surface area contributed by atoms with Crippen molar-refractivity contribution in [2.75, 3.05) is 14.2 Å². The number of methoxy groups -OCH3 is 2. The summed E-state index contributed by atoms with van der Waals surface area (Å²) >= 11 is 0. The number of rotatable bonds is 14. The van der Waals surface area contributed by atoms with Gasteiger partial charge in [0.1, 0.15) is 11.5 Å². The van der Waals surface area contributed by atoms with Gasteiger partial charge in [-0.3, -0.25) is 0 Å². The summed E-state index contributed by atoms with van der Waals surface area (Å²) in [5.41, 5.74) is 2.31. The molecule has 6 nitrogen and oxygen atoms in total. The fraction of sp³-hybridized carbons (Fsp3) is 0.487. The lowest BCUT2D eigenvalue weighted by molar-refractivity contribution is 0.0782. The highest BCUT2D eigenvalue weighted by atomic mass is 28.4. The van der Waals surface area contributed by atoms with Gasteiger partial charge in [-0.2, -0.15) is 0 Å². The summed E-state index contributed by atoms with van der Waals surface area (Å²) in [7, 11) is -4.57. The molecule has 0 radical (unpaired) electrons. The minimum absolute atomic E-state index is 0.00619. The van der Waals surface area contributed by atoms with Gasteiger partial charge in [-0.1, -0.05) is 30.3 Å². The largest absolute Gasteiger partial charge is 0.547 e. The molecule has 2 aromatic rings. The van der Waals surface area contributed by atoms with Crippen LogP contribution in [0, 0.1) is 17.8 Å². The quantitative estimate of drug-likeness (QED) is 0.109.